The first-order valence-corrected chi connectivity index (χ1v) is 12.6. The van der Waals surface area contributed by atoms with Crippen molar-refractivity contribution in [2.75, 3.05) is 45.8 Å². The molecule has 2 heterocycles. The lowest BCUT2D eigenvalue weighted by molar-refractivity contribution is -0.134. The molecule has 196 valence electrons. The van der Waals surface area contributed by atoms with Crippen LogP contribution in [0.5, 0.6) is 5.75 Å². The summed E-state index contributed by atoms with van der Waals surface area (Å²) in [5, 5.41) is 2.93. The fourth-order valence-electron chi connectivity index (χ4n) is 4.73. The number of carbonyl (C=O) groups excluding carboxylic acids is 2. The Balaban J connectivity index is 1.56. The van der Waals surface area contributed by atoms with E-state index in [2.05, 4.69) is 23.7 Å². The van der Waals surface area contributed by atoms with Crippen molar-refractivity contribution in [3.8, 4) is 5.75 Å². The molecule has 1 N–H and O–H groups in total. The summed E-state index contributed by atoms with van der Waals surface area (Å²) in [4.78, 5) is 30.4. The Kier molecular flexibility index (Phi) is 8.50. The van der Waals surface area contributed by atoms with E-state index in [-0.39, 0.29) is 24.5 Å². The molecule has 0 saturated carbocycles. The van der Waals surface area contributed by atoms with E-state index in [9.17, 15) is 9.59 Å². The average molecular weight is 505 g/mol. The minimum absolute atomic E-state index is 0.0639. The third-order valence-corrected chi connectivity index (χ3v) is 6.80. The summed E-state index contributed by atoms with van der Waals surface area (Å²) >= 11 is 0. The van der Waals surface area contributed by atoms with Crippen molar-refractivity contribution < 1.29 is 19.1 Å². The summed E-state index contributed by atoms with van der Waals surface area (Å²) in [6.07, 6.45) is 2.03. The van der Waals surface area contributed by atoms with Crippen LogP contribution in [-0.2, 0) is 16.1 Å². The quantitative estimate of drug-likeness (QED) is 0.457. The van der Waals surface area contributed by atoms with Gasteiger partial charge < -0.3 is 29.2 Å². The number of urea groups is 1. The second kappa shape index (κ2) is 12.0. The van der Waals surface area contributed by atoms with Gasteiger partial charge in [-0.05, 0) is 41.8 Å². The minimum atomic E-state index is -0.336. The number of rotatable bonds is 9. The molecule has 1 aliphatic heterocycles. The predicted octanol–water partition coefficient (Wildman–Crippen LogP) is 4.73. The van der Waals surface area contributed by atoms with Crippen LogP contribution < -0.4 is 10.1 Å². The topological polar surface area (TPSA) is 76.0 Å². The van der Waals surface area contributed by atoms with E-state index in [0.717, 1.165) is 17.0 Å². The molecule has 0 spiro atoms. The van der Waals surface area contributed by atoms with Crippen LogP contribution in [0.3, 0.4) is 0 Å². The lowest BCUT2D eigenvalue weighted by atomic mass is 9.98. The van der Waals surface area contributed by atoms with Gasteiger partial charge in [-0.3, -0.25) is 4.79 Å². The Hall–Kier alpha value is -3.78. The summed E-state index contributed by atoms with van der Waals surface area (Å²) in [6.45, 7) is 6.02. The summed E-state index contributed by atoms with van der Waals surface area (Å²) in [5.74, 6) is 0.992. The van der Waals surface area contributed by atoms with E-state index in [1.165, 1.54) is 10.5 Å². The van der Waals surface area contributed by atoms with Gasteiger partial charge in [-0.1, -0.05) is 44.2 Å². The van der Waals surface area contributed by atoms with E-state index in [1.807, 2.05) is 71.8 Å². The van der Waals surface area contributed by atoms with E-state index in [1.54, 1.807) is 14.2 Å². The van der Waals surface area contributed by atoms with Crippen LogP contribution >= 0.6 is 0 Å². The van der Waals surface area contributed by atoms with Crippen molar-refractivity contribution in [2.24, 2.45) is 0 Å². The molecule has 0 radical (unpaired) electrons. The molecule has 1 atom stereocenters. The van der Waals surface area contributed by atoms with Gasteiger partial charge in [0.2, 0.25) is 5.91 Å². The molecule has 3 amide bonds. The first-order valence-electron chi connectivity index (χ1n) is 12.6. The number of para-hydroxylation sites is 1. The van der Waals surface area contributed by atoms with Crippen molar-refractivity contribution in [1.82, 2.24) is 14.4 Å². The number of amides is 3. The number of hydrogen-bond donors (Lipinski definition) is 1. The number of anilines is 1. The fourth-order valence-corrected chi connectivity index (χ4v) is 4.73. The largest absolute Gasteiger partial charge is 0.496 e. The zero-order valence-corrected chi connectivity index (χ0v) is 22.0. The maximum atomic E-state index is 13.8. The Labute approximate surface area is 218 Å². The van der Waals surface area contributed by atoms with Crippen molar-refractivity contribution in [2.45, 2.75) is 32.4 Å². The van der Waals surface area contributed by atoms with Crippen LogP contribution in [0.4, 0.5) is 10.5 Å². The first kappa shape index (κ1) is 26.3. The highest BCUT2D eigenvalue weighted by Crippen LogP contribution is 2.37. The van der Waals surface area contributed by atoms with Crippen LogP contribution in [0, 0.1) is 0 Å². The highest BCUT2D eigenvalue weighted by molar-refractivity contribution is 5.92. The van der Waals surface area contributed by atoms with Crippen molar-refractivity contribution in [3.05, 3.63) is 83.7 Å². The van der Waals surface area contributed by atoms with Crippen molar-refractivity contribution >= 4 is 17.6 Å². The molecule has 0 saturated heterocycles. The number of nitrogens with zero attached hydrogens (tertiary/aromatic N) is 3. The lowest BCUT2D eigenvalue weighted by Crippen LogP contribution is -2.49. The second-order valence-corrected chi connectivity index (χ2v) is 9.48. The molecule has 1 aromatic heterocycles. The lowest BCUT2D eigenvalue weighted by Gasteiger charge is -2.38. The molecule has 1 aliphatic rings. The van der Waals surface area contributed by atoms with E-state index in [0.29, 0.717) is 37.8 Å². The molecule has 0 fully saturated rings. The van der Waals surface area contributed by atoms with Crippen LogP contribution in [0.15, 0.2) is 66.9 Å². The smallest absolute Gasteiger partial charge is 0.322 e. The summed E-state index contributed by atoms with van der Waals surface area (Å²) in [7, 11) is 3.22. The molecule has 2 aromatic carbocycles. The number of hydrogen-bond acceptors (Lipinski definition) is 4. The van der Waals surface area contributed by atoms with E-state index < -0.39 is 0 Å². The van der Waals surface area contributed by atoms with Gasteiger partial charge in [-0.15, -0.1) is 0 Å². The van der Waals surface area contributed by atoms with Gasteiger partial charge in [0.25, 0.3) is 0 Å². The molecule has 1 unspecified atom stereocenters. The van der Waals surface area contributed by atoms with Crippen molar-refractivity contribution in [3.63, 3.8) is 0 Å². The normalized spacial score (nSPS) is 14.8. The Bertz CT molecular complexity index is 1200. The molecule has 4 rings (SSSR count). The Morgan fingerprint density at radius 2 is 1.78 bits per heavy atom. The maximum Gasteiger partial charge on any atom is 0.322 e. The first-order chi connectivity index (χ1) is 17.9. The van der Waals surface area contributed by atoms with Crippen LogP contribution in [0.1, 0.15) is 42.6 Å². The third kappa shape index (κ3) is 5.97. The summed E-state index contributed by atoms with van der Waals surface area (Å²) in [6, 6.07) is 18.9. The van der Waals surface area contributed by atoms with Gasteiger partial charge >= 0.3 is 6.03 Å². The number of ether oxygens (including phenoxy) is 2. The Morgan fingerprint density at radius 1 is 1.03 bits per heavy atom. The van der Waals surface area contributed by atoms with Crippen molar-refractivity contribution in [1.29, 1.82) is 0 Å². The molecular weight excluding hydrogens is 468 g/mol. The molecule has 37 heavy (non-hydrogen) atoms. The zero-order valence-electron chi connectivity index (χ0n) is 22.0. The molecule has 0 aliphatic carbocycles. The number of carbonyl (C=O) groups is 2. The van der Waals surface area contributed by atoms with Gasteiger partial charge in [0.15, 0.2) is 0 Å². The van der Waals surface area contributed by atoms with Gasteiger partial charge in [0, 0.05) is 49.9 Å². The van der Waals surface area contributed by atoms with Crippen LogP contribution in [-0.4, -0.2) is 66.8 Å². The number of methoxy groups -OCH3 is 2. The highest BCUT2D eigenvalue weighted by atomic mass is 16.5. The third-order valence-electron chi connectivity index (χ3n) is 6.80. The standard InChI is InChI=1S/C29H36N4O4/c1-21(2)22-11-13-23(14-12-22)30-29(35)32(18-19-36-3)20-27(34)33-17-16-31-15-7-9-25(31)28(33)24-8-5-6-10-26(24)37-4/h5-15,21,28H,16-20H2,1-4H3,(H,30,35). The Morgan fingerprint density at radius 3 is 2.49 bits per heavy atom. The van der Waals surface area contributed by atoms with Gasteiger partial charge in [0.1, 0.15) is 18.3 Å². The van der Waals surface area contributed by atoms with Crippen LogP contribution in [0.2, 0.25) is 0 Å². The molecule has 3 aromatic rings. The molecule has 8 nitrogen and oxygen atoms in total. The number of nitrogens with one attached hydrogen (secondary N) is 1. The molecular formula is C29H36N4O4. The number of benzene rings is 2. The average Bonchev–Trinajstić information content (AvgIpc) is 3.39. The second-order valence-electron chi connectivity index (χ2n) is 9.48. The molecule has 8 heteroatoms. The van der Waals surface area contributed by atoms with E-state index in [4.69, 9.17) is 9.47 Å². The SMILES string of the molecule is COCCN(CC(=O)N1CCn2cccc2C1c1ccccc1OC)C(=O)Nc1ccc(C(C)C)cc1. The number of aromatic nitrogens is 1. The summed E-state index contributed by atoms with van der Waals surface area (Å²) in [5.41, 5.74) is 3.81. The monoisotopic (exact) mass is 504 g/mol. The minimum Gasteiger partial charge on any atom is -0.496 e. The summed E-state index contributed by atoms with van der Waals surface area (Å²) < 4.78 is 13.0. The fraction of sp³-hybridized carbons (Fsp3) is 0.379. The van der Waals surface area contributed by atoms with Crippen LogP contribution in [0.25, 0.3) is 0 Å². The van der Waals surface area contributed by atoms with Gasteiger partial charge in [-0.25, -0.2) is 4.79 Å². The van der Waals surface area contributed by atoms with Gasteiger partial charge in [0.05, 0.1) is 13.7 Å². The maximum absolute atomic E-state index is 13.8. The van der Waals surface area contributed by atoms with Gasteiger partial charge in [-0.2, -0.15) is 0 Å². The predicted molar refractivity (Wildman–Crippen MR) is 144 cm³/mol. The zero-order chi connectivity index (χ0) is 26.4. The number of fused-ring (bicyclic) bond motifs is 1. The highest BCUT2D eigenvalue weighted by Gasteiger charge is 2.35. The molecule has 0 bridgehead atoms. The van der Waals surface area contributed by atoms with E-state index >= 15 is 0 Å².